The van der Waals surface area contributed by atoms with Crippen LogP contribution in [0.3, 0.4) is 0 Å². The molecule has 162 valence electrons. The Morgan fingerprint density at radius 3 is 2.84 bits per heavy atom. The van der Waals surface area contributed by atoms with Gasteiger partial charge in [0.05, 0.1) is 29.0 Å². The molecule has 0 spiro atoms. The Labute approximate surface area is 186 Å². The van der Waals surface area contributed by atoms with Crippen molar-refractivity contribution in [1.29, 1.82) is 0 Å². The van der Waals surface area contributed by atoms with E-state index in [0.717, 1.165) is 16.8 Å². The normalized spacial score (nSPS) is 11.4. The molecule has 0 aliphatic heterocycles. The number of carbonyl (C=O) groups excluding carboxylic acids is 1. The maximum atomic E-state index is 13.2. The molecule has 1 N–H and O–H groups in total. The number of rotatable bonds is 5. The van der Waals surface area contributed by atoms with Crippen LogP contribution in [0.2, 0.25) is 5.02 Å². The van der Waals surface area contributed by atoms with Crippen molar-refractivity contribution >= 4 is 50.5 Å². The van der Waals surface area contributed by atoms with Crippen molar-refractivity contribution in [3.8, 4) is 0 Å². The van der Waals surface area contributed by atoms with Gasteiger partial charge in [0.1, 0.15) is 22.8 Å². The lowest BCUT2D eigenvalue weighted by Gasteiger charge is -2.06. The van der Waals surface area contributed by atoms with Crippen LogP contribution >= 0.6 is 22.9 Å². The third-order valence-electron chi connectivity index (χ3n) is 4.78. The lowest BCUT2D eigenvalue weighted by Crippen LogP contribution is -2.29. The Kier molecular flexibility index (Phi) is 4.91. The number of fused-ring (bicyclic) bond motifs is 3. The molecule has 1 amide bonds. The van der Waals surface area contributed by atoms with E-state index >= 15 is 0 Å². The molecule has 0 aliphatic rings. The van der Waals surface area contributed by atoms with Crippen LogP contribution in [0.1, 0.15) is 5.76 Å². The fourth-order valence-electron chi connectivity index (χ4n) is 3.35. The van der Waals surface area contributed by atoms with Crippen LogP contribution in [0.25, 0.3) is 16.0 Å². The lowest BCUT2D eigenvalue weighted by molar-refractivity contribution is -0.117. The molecular weight excluding hydrogens is 461 g/mol. The van der Waals surface area contributed by atoms with E-state index in [2.05, 4.69) is 10.4 Å². The molecule has 0 saturated heterocycles. The molecule has 4 aromatic heterocycles. The number of nitrogens with one attached hydrogen (secondary N) is 1. The van der Waals surface area contributed by atoms with Gasteiger partial charge in [0.25, 0.3) is 5.56 Å². The summed E-state index contributed by atoms with van der Waals surface area (Å²) in [5, 5.41) is 8.49. The summed E-state index contributed by atoms with van der Waals surface area (Å²) in [5.74, 6) is -0.546. The van der Waals surface area contributed by atoms with Crippen LogP contribution in [-0.4, -0.2) is 24.7 Å². The van der Waals surface area contributed by atoms with Crippen LogP contribution < -0.4 is 16.6 Å². The fourth-order valence-corrected chi connectivity index (χ4v) is 4.39. The van der Waals surface area contributed by atoms with Gasteiger partial charge in [0, 0.05) is 0 Å². The van der Waals surface area contributed by atoms with Crippen LogP contribution in [-0.2, 0) is 17.9 Å². The minimum absolute atomic E-state index is 0.0213. The molecule has 0 radical (unpaired) electrons. The molecule has 9 nitrogen and oxygen atoms in total. The summed E-state index contributed by atoms with van der Waals surface area (Å²) in [4.78, 5) is 38.6. The SMILES string of the molecule is O=C(Cn1nc2n(Cc3ccco3)c(=O)c3sccc3n2c1=O)Nc1ccc(F)cc1Cl. The number of hydrogen-bond acceptors (Lipinski definition) is 6. The van der Waals surface area contributed by atoms with E-state index in [4.69, 9.17) is 16.0 Å². The van der Waals surface area contributed by atoms with Gasteiger partial charge in [-0.1, -0.05) is 11.6 Å². The number of thiophene rings is 1. The van der Waals surface area contributed by atoms with Crippen molar-refractivity contribution < 1.29 is 13.6 Å². The van der Waals surface area contributed by atoms with Crippen LogP contribution in [0.15, 0.2) is 62.0 Å². The zero-order valence-corrected chi connectivity index (χ0v) is 17.7. The number of furan rings is 1. The summed E-state index contributed by atoms with van der Waals surface area (Å²) in [6.07, 6.45) is 1.48. The second-order valence-electron chi connectivity index (χ2n) is 6.85. The van der Waals surface area contributed by atoms with Gasteiger partial charge in [-0.3, -0.25) is 14.2 Å². The maximum Gasteiger partial charge on any atom is 0.352 e. The summed E-state index contributed by atoms with van der Waals surface area (Å²) >= 11 is 7.15. The number of anilines is 1. The number of benzene rings is 1. The summed E-state index contributed by atoms with van der Waals surface area (Å²) in [6, 6.07) is 8.58. The average Bonchev–Trinajstić information content (AvgIpc) is 3.49. The molecule has 32 heavy (non-hydrogen) atoms. The first-order chi connectivity index (χ1) is 15.4. The Morgan fingerprint density at radius 2 is 2.09 bits per heavy atom. The largest absolute Gasteiger partial charge is 0.467 e. The highest BCUT2D eigenvalue weighted by molar-refractivity contribution is 7.17. The Hall–Kier alpha value is -3.70. The molecular formula is C20H13ClFN5O4S. The smallest absolute Gasteiger partial charge is 0.352 e. The number of amides is 1. The van der Waals surface area contributed by atoms with E-state index in [0.29, 0.717) is 16.0 Å². The number of nitrogens with zero attached hydrogens (tertiary/aromatic N) is 4. The summed E-state index contributed by atoms with van der Waals surface area (Å²) in [5.41, 5.74) is -0.302. The van der Waals surface area contributed by atoms with Gasteiger partial charge < -0.3 is 9.73 Å². The number of hydrogen-bond donors (Lipinski definition) is 1. The Morgan fingerprint density at radius 1 is 1.25 bits per heavy atom. The summed E-state index contributed by atoms with van der Waals surface area (Å²) < 4.78 is 22.5. The number of halogens is 2. The minimum Gasteiger partial charge on any atom is -0.467 e. The van der Waals surface area contributed by atoms with E-state index in [1.807, 2.05) is 0 Å². The molecule has 0 saturated carbocycles. The topological polar surface area (TPSA) is 104 Å². The van der Waals surface area contributed by atoms with E-state index in [9.17, 15) is 18.8 Å². The molecule has 12 heteroatoms. The molecule has 0 unspecified atom stereocenters. The monoisotopic (exact) mass is 473 g/mol. The van der Waals surface area contributed by atoms with Gasteiger partial charge in [-0.05, 0) is 41.8 Å². The molecule has 5 aromatic rings. The highest BCUT2D eigenvalue weighted by Crippen LogP contribution is 2.22. The lowest BCUT2D eigenvalue weighted by atomic mass is 10.3. The molecule has 1 aromatic carbocycles. The van der Waals surface area contributed by atoms with E-state index in [-0.39, 0.29) is 28.6 Å². The highest BCUT2D eigenvalue weighted by Gasteiger charge is 2.20. The first-order valence-corrected chi connectivity index (χ1v) is 10.5. The Balaban J connectivity index is 1.57. The second-order valence-corrected chi connectivity index (χ2v) is 8.18. The van der Waals surface area contributed by atoms with Gasteiger partial charge in [0.15, 0.2) is 0 Å². The quantitative estimate of drug-likeness (QED) is 0.422. The van der Waals surface area contributed by atoms with Crippen molar-refractivity contribution in [1.82, 2.24) is 18.7 Å². The van der Waals surface area contributed by atoms with Crippen molar-refractivity contribution in [2.45, 2.75) is 13.1 Å². The van der Waals surface area contributed by atoms with E-state index in [1.165, 1.54) is 32.6 Å². The Bertz CT molecular complexity index is 1600. The number of aromatic nitrogens is 4. The minimum atomic E-state index is -0.592. The van der Waals surface area contributed by atoms with E-state index < -0.39 is 24.0 Å². The first-order valence-electron chi connectivity index (χ1n) is 9.29. The van der Waals surface area contributed by atoms with Gasteiger partial charge in [0.2, 0.25) is 11.7 Å². The van der Waals surface area contributed by atoms with Crippen molar-refractivity contribution in [2.24, 2.45) is 0 Å². The van der Waals surface area contributed by atoms with Crippen molar-refractivity contribution in [3.05, 3.63) is 85.5 Å². The van der Waals surface area contributed by atoms with E-state index in [1.54, 1.807) is 23.6 Å². The average molecular weight is 474 g/mol. The zero-order valence-electron chi connectivity index (χ0n) is 16.1. The fraction of sp³-hybridized carbons (Fsp3) is 0.100. The maximum absolute atomic E-state index is 13.2. The highest BCUT2D eigenvalue weighted by atomic mass is 35.5. The number of carbonyl (C=O) groups is 1. The van der Waals surface area contributed by atoms with Crippen LogP contribution in [0, 0.1) is 5.82 Å². The molecule has 0 fully saturated rings. The zero-order chi connectivity index (χ0) is 22.4. The van der Waals surface area contributed by atoms with Crippen LogP contribution in [0.4, 0.5) is 10.1 Å². The predicted molar refractivity (Wildman–Crippen MR) is 117 cm³/mol. The van der Waals surface area contributed by atoms with Gasteiger partial charge >= 0.3 is 5.69 Å². The standard InChI is InChI=1S/C20H13ClFN5O4S/c21-13-8-11(22)3-4-14(13)23-16(28)10-26-20(30)27-15-5-7-32-17(15)18(29)25(19(27)24-26)9-12-2-1-6-31-12/h1-8H,9-10H2,(H,23,28). The van der Waals surface area contributed by atoms with Crippen molar-refractivity contribution in [3.63, 3.8) is 0 Å². The third-order valence-corrected chi connectivity index (χ3v) is 5.99. The van der Waals surface area contributed by atoms with Crippen LogP contribution in [0.5, 0.6) is 0 Å². The third kappa shape index (κ3) is 3.41. The molecule has 0 atom stereocenters. The van der Waals surface area contributed by atoms with Crippen molar-refractivity contribution in [2.75, 3.05) is 5.32 Å². The first kappa shape index (κ1) is 20.2. The molecule has 4 heterocycles. The second kappa shape index (κ2) is 7.77. The van der Waals surface area contributed by atoms with Gasteiger partial charge in [-0.15, -0.1) is 16.4 Å². The molecule has 0 bridgehead atoms. The molecule has 0 aliphatic carbocycles. The van der Waals surface area contributed by atoms with Gasteiger partial charge in [-0.2, -0.15) is 0 Å². The molecule has 5 rings (SSSR count). The van der Waals surface area contributed by atoms with Gasteiger partial charge in [-0.25, -0.2) is 18.3 Å². The predicted octanol–water partition coefficient (Wildman–Crippen LogP) is 2.94. The summed E-state index contributed by atoms with van der Waals surface area (Å²) in [6.45, 7) is -0.369. The summed E-state index contributed by atoms with van der Waals surface area (Å²) in [7, 11) is 0.